The number of azo groups is 1. The van der Waals surface area contributed by atoms with Crippen LogP contribution in [0.2, 0.25) is 5.02 Å². The van der Waals surface area contributed by atoms with Crippen molar-refractivity contribution in [1.82, 2.24) is 0 Å². The molecule has 7 heteroatoms. The summed E-state index contributed by atoms with van der Waals surface area (Å²) in [4.78, 5) is 11.1. The first-order chi connectivity index (χ1) is 11.1. The Morgan fingerprint density at radius 2 is 1.75 bits per heavy atom. The van der Waals surface area contributed by atoms with Gasteiger partial charge in [0.05, 0.1) is 15.5 Å². The lowest BCUT2D eigenvalue weighted by Gasteiger charge is -2.20. The highest BCUT2D eigenvalue weighted by molar-refractivity contribution is 6.32. The topological polar surface area (TPSA) is 88.1 Å². The Labute approximate surface area is 145 Å². The van der Waals surface area contributed by atoms with Crippen LogP contribution in [0.4, 0.5) is 17.1 Å². The molecule has 0 saturated heterocycles. The number of aromatic hydroxyl groups is 1. The third-order valence-corrected chi connectivity index (χ3v) is 3.75. The van der Waals surface area contributed by atoms with Crippen molar-refractivity contribution in [3.8, 4) is 5.75 Å². The van der Waals surface area contributed by atoms with Gasteiger partial charge in [0.25, 0.3) is 0 Å². The third-order valence-electron chi connectivity index (χ3n) is 3.43. The summed E-state index contributed by atoms with van der Waals surface area (Å²) in [6, 6.07) is 7.90. The van der Waals surface area contributed by atoms with Gasteiger partial charge < -0.3 is 5.11 Å². The number of nitro benzene ring substituents is 1. The summed E-state index contributed by atoms with van der Waals surface area (Å²) in [5, 5.41) is 29.6. The van der Waals surface area contributed by atoms with Crippen LogP contribution in [0.3, 0.4) is 0 Å². The van der Waals surface area contributed by atoms with Crippen LogP contribution in [0, 0.1) is 17.0 Å². The van der Waals surface area contributed by atoms with Crippen molar-refractivity contribution in [2.24, 2.45) is 10.2 Å². The van der Waals surface area contributed by atoms with Crippen LogP contribution in [0.15, 0.2) is 40.6 Å². The van der Waals surface area contributed by atoms with Gasteiger partial charge >= 0.3 is 5.69 Å². The van der Waals surface area contributed by atoms with E-state index in [1.807, 2.05) is 27.7 Å². The van der Waals surface area contributed by atoms with Crippen molar-refractivity contribution in [2.45, 2.75) is 33.1 Å². The summed E-state index contributed by atoms with van der Waals surface area (Å²) >= 11 is 6.18. The molecule has 0 radical (unpaired) electrons. The van der Waals surface area contributed by atoms with E-state index in [-0.39, 0.29) is 22.8 Å². The Bertz CT molecular complexity index is 827. The Kier molecular flexibility index (Phi) is 4.89. The van der Waals surface area contributed by atoms with E-state index in [0.29, 0.717) is 10.6 Å². The molecule has 0 bridgehead atoms. The van der Waals surface area contributed by atoms with Gasteiger partial charge in [-0.3, -0.25) is 10.1 Å². The number of rotatable bonds is 3. The van der Waals surface area contributed by atoms with Crippen LogP contribution >= 0.6 is 11.6 Å². The maximum absolute atomic E-state index is 11.6. The molecule has 0 aliphatic heterocycles. The second kappa shape index (κ2) is 6.57. The van der Waals surface area contributed by atoms with Gasteiger partial charge in [-0.1, -0.05) is 38.4 Å². The van der Waals surface area contributed by atoms with Crippen LogP contribution in [-0.2, 0) is 5.41 Å². The quantitative estimate of drug-likeness (QED) is 0.421. The largest absolute Gasteiger partial charge is 0.506 e. The molecule has 126 valence electrons. The molecule has 2 aromatic rings. The zero-order valence-corrected chi connectivity index (χ0v) is 14.6. The second-order valence-electron chi connectivity index (χ2n) is 6.49. The fraction of sp³-hybridized carbons (Fsp3) is 0.294. The zero-order valence-electron chi connectivity index (χ0n) is 13.9. The van der Waals surface area contributed by atoms with E-state index in [1.54, 1.807) is 18.2 Å². The van der Waals surface area contributed by atoms with E-state index in [1.165, 1.54) is 12.1 Å². The SMILES string of the molecule is Cc1ccc(O)c(/N=N/c2ccc(Cl)c(C(C)(C)C)c2[N+](=O)[O-])c1. The predicted octanol–water partition coefficient (Wildman–Crippen LogP) is 5.98. The molecule has 0 unspecified atom stereocenters. The maximum atomic E-state index is 11.6. The molecule has 0 fully saturated rings. The van der Waals surface area contributed by atoms with Crippen LogP contribution in [0.1, 0.15) is 31.9 Å². The predicted molar refractivity (Wildman–Crippen MR) is 93.8 cm³/mol. The average Bonchev–Trinajstić information content (AvgIpc) is 2.47. The van der Waals surface area contributed by atoms with Crippen LogP contribution < -0.4 is 0 Å². The van der Waals surface area contributed by atoms with Crippen LogP contribution in [-0.4, -0.2) is 10.0 Å². The van der Waals surface area contributed by atoms with Crippen molar-refractivity contribution in [3.63, 3.8) is 0 Å². The first-order valence-corrected chi connectivity index (χ1v) is 7.68. The average molecular weight is 348 g/mol. The number of nitrogens with zero attached hydrogens (tertiary/aromatic N) is 3. The number of hydrogen-bond donors (Lipinski definition) is 1. The van der Waals surface area contributed by atoms with Gasteiger partial charge in [0.15, 0.2) is 5.69 Å². The fourth-order valence-corrected chi connectivity index (χ4v) is 2.79. The van der Waals surface area contributed by atoms with Crippen molar-refractivity contribution in [3.05, 3.63) is 56.6 Å². The molecule has 0 amide bonds. The van der Waals surface area contributed by atoms with Gasteiger partial charge in [0.2, 0.25) is 0 Å². The standard InChI is InChI=1S/C17H18ClN3O3/c1-10-5-8-14(22)13(9-10)20-19-12-7-6-11(18)15(17(2,3)4)16(12)21(23)24/h5-9,22H,1-4H3/b20-19+. The Morgan fingerprint density at radius 3 is 2.33 bits per heavy atom. The van der Waals surface area contributed by atoms with Gasteiger partial charge in [-0.05, 0) is 42.2 Å². The van der Waals surface area contributed by atoms with Crippen LogP contribution in [0.5, 0.6) is 5.75 Å². The van der Waals surface area contributed by atoms with Gasteiger partial charge in [-0.15, -0.1) is 10.2 Å². The van der Waals surface area contributed by atoms with E-state index in [9.17, 15) is 15.2 Å². The second-order valence-corrected chi connectivity index (χ2v) is 6.90. The van der Waals surface area contributed by atoms with Crippen LogP contribution in [0.25, 0.3) is 0 Å². The third kappa shape index (κ3) is 3.71. The Morgan fingerprint density at radius 1 is 1.12 bits per heavy atom. The minimum atomic E-state index is -0.531. The molecule has 6 nitrogen and oxygen atoms in total. The number of benzene rings is 2. The van der Waals surface area contributed by atoms with Gasteiger partial charge in [-0.2, -0.15) is 0 Å². The van der Waals surface area contributed by atoms with Crippen molar-refractivity contribution in [2.75, 3.05) is 0 Å². The molecule has 0 heterocycles. The van der Waals surface area contributed by atoms with Crippen molar-refractivity contribution in [1.29, 1.82) is 0 Å². The number of aryl methyl sites for hydroxylation is 1. The molecular weight excluding hydrogens is 330 g/mol. The Balaban J connectivity index is 2.61. The monoisotopic (exact) mass is 347 g/mol. The van der Waals surface area contributed by atoms with Gasteiger partial charge in [-0.25, -0.2) is 0 Å². The lowest BCUT2D eigenvalue weighted by Crippen LogP contribution is -2.14. The summed E-state index contributed by atoms with van der Waals surface area (Å²) in [7, 11) is 0. The lowest BCUT2D eigenvalue weighted by molar-refractivity contribution is -0.385. The number of phenols is 1. The van der Waals surface area contributed by atoms with E-state index in [4.69, 9.17) is 11.6 Å². The fourth-order valence-electron chi connectivity index (χ4n) is 2.36. The van der Waals surface area contributed by atoms with Gasteiger partial charge in [0.1, 0.15) is 11.4 Å². The molecular formula is C17H18ClN3O3. The molecule has 0 saturated carbocycles. The molecule has 0 aliphatic rings. The molecule has 24 heavy (non-hydrogen) atoms. The Hall–Kier alpha value is -2.47. The highest BCUT2D eigenvalue weighted by Crippen LogP contribution is 2.43. The first-order valence-electron chi connectivity index (χ1n) is 7.30. The molecule has 0 atom stereocenters. The molecule has 0 spiro atoms. The molecule has 0 aliphatic carbocycles. The van der Waals surface area contributed by atoms with E-state index >= 15 is 0 Å². The number of hydrogen-bond acceptors (Lipinski definition) is 5. The summed E-state index contributed by atoms with van der Waals surface area (Å²) in [5.41, 5.74) is 0.927. The summed E-state index contributed by atoms with van der Waals surface area (Å²) in [5.74, 6) is -0.0444. The summed E-state index contributed by atoms with van der Waals surface area (Å²) in [6.07, 6.45) is 0. The molecule has 1 N–H and O–H groups in total. The highest BCUT2D eigenvalue weighted by Gasteiger charge is 2.31. The minimum absolute atomic E-state index is 0.0444. The zero-order chi connectivity index (χ0) is 18.1. The van der Waals surface area contributed by atoms with E-state index in [0.717, 1.165) is 5.56 Å². The number of nitro groups is 1. The minimum Gasteiger partial charge on any atom is -0.506 e. The lowest BCUT2D eigenvalue weighted by atomic mass is 9.85. The first kappa shape index (κ1) is 17.9. The molecule has 2 aromatic carbocycles. The summed E-state index contributed by atoms with van der Waals surface area (Å²) in [6.45, 7) is 7.37. The number of phenolic OH excluding ortho intramolecular Hbond substituents is 1. The van der Waals surface area contributed by atoms with Crippen molar-refractivity contribution >= 4 is 28.7 Å². The highest BCUT2D eigenvalue weighted by atomic mass is 35.5. The van der Waals surface area contributed by atoms with E-state index in [2.05, 4.69) is 10.2 Å². The smallest absolute Gasteiger partial charge is 0.301 e. The van der Waals surface area contributed by atoms with Crippen molar-refractivity contribution < 1.29 is 10.0 Å². The number of halogens is 1. The van der Waals surface area contributed by atoms with E-state index < -0.39 is 10.3 Å². The van der Waals surface area contributed by atoms with Gasteiger partial charge in [0, 0.05) is 0 Å². The normalized spacial score (nSPS) is 11.9. The maximum Gasteiger partial charge on any atom is 0.301 e. The molecule has 2 rings (SSSR count). The summed E-state index contributed by atoms with van der Waals surface area (Å²) < 4.78 is 0. The molecule has 0 aromatic heterocycles.